The van der Waals surface area contributed by atoms with E-state index in [-0.39, 0.29) is 23.2 Å². The molecule has 0 spiro atoms. The lowest BCUT2D eigenvalue weighted by molar-refractivity contribution is 1.02. The second-order valence-electron chi connectivity index (χ2n) is 13.0. The number of aromatic nitrogens is 4. The Morgan fingerprint density at radius 2 is 1.09 bits per heavy atom. The normalized spacial score (nSPS) is 14.4. The van der Waals surface area contributed by atoms with E-state index in [1.807, 2.05) is 120 Å². The Labute approximate surface area is 324 Å². The van der Waals surface area contributed by atoms with Crippen LogP contribution in [0.1, 0.15) is 12.3 Å². The van der Waals surface area contributed by atoms with Gasteiger partial charge < -0.3 is 4.57 Å². The molecule has 0 atom stereocenters. The first kappa shape index (κ1) is 22.5. The number of benzene rings is 8. The maximum absolute atomic E-state index is 9.38. The van der Waals surface area contributed by atoms with Gasteiger partial charge in [0.2, 0.25) is 5.95 Å². The third-order valence-corrected chi connectivity index (χ3v) is 9.93. The Balaban J connectivity index is 1.21. The third-order valence-electron chi connectivity index (χ3n) is 9.93. The van der Waals surface area contributed by atoms with Gasteiger partial charge in [-0.2, -0.15) is 9.97 Å². The molecule has 0 amide bonds. The summed E-state index contributed by atoms with van der Waals surface area (Å²) in [7, 11) is 0. The van der Waals surface area contributed by atoms with Gasteiger partial charge in [-0.3, -0.25) is 4.90 Å². The summed E-state index contributed by atoms with van der Waals surface area (Å²) < 4.78 is 81.2. The van der Waals surface area contributed by atoms with E-state index in [4.69, 9.17) is 21.8 Å². The second kappa shape index (κ2) is 12.1. The topological polar surface area (TPSA) is 46.8 Å². The smallest absolute Gasteiger partial charge is 0.238 e. The zero-order chi connectivity index (χ0) is 43.4. The molecule has 0 aliphatic carbocycles. The van der Waals surface area contributed by atoms with Gasteiger partial charge in [0.25, 0.3) is 0 Å². The molecule has 5 nitrogen and oxygen atoms in total. The van der Waals surface area contributed by atoms with Crippen LogP contribution in [0.25, 0.3) is 83.3 Å². The molecular weight excluding hydrogens is 659 g/mol. The van der Waals surface area contributed by atoms with Gasteiger partial charge in [0.15, 0.2) is 11.6 Å². The van der Waals surface area contributed by atoms with E-state index >= 15 is 0 Å². The van der Waals surface area contributed by atoms with Crippen LogP contribution in [0.4, 0.5) is 17.3 Å². The minimum absolute atomic E-state index is 0.146. The van der Waals surface area contributed by atoms with Gasteiger partial charge in [0, 0.05) is 38.5 Å². The van der Waals surface area contributed by atoms with Gasteiger partial charge in [-0.25, -0.2) is 4.98 Å². The molecule has 5 heteroatoms. The van der Waals surface area contributed by atoms with Crippen molar-refractivity contribution in [3.05, 3.63) is 188 Å². The molecule has 0 saturated heterocycles. The quantitative estimate of drug-likeness (QED) is 0.179. The maximum atomic E-state index is 9.38. The lowest BCUT2D eigenvalue weighted by Crippen LogP contribution is -2.18. The van der Waals surface area contributed by atoms with Crippen molar-refractivity contribution >= 4 is 49.9 Å². The minimum Gasteiger partial charge on any atom is -0.309 e. The first-order valence-corrected chi connectivity index (χ1v) is 17.5. The average molecular weight is 699 g/mol. The van der Waals surface area contributed by atoms with Gasteiger partial charge in [0.05, 0.1) is 34.7 Å². The number of rotatable bonds is 5. The number of hydrogen-bond donors (Lipinski definition) is 0. The van der Waals surface area contributed by atoms with Crippen molar-refractivity contribution < 1.29 is 12.3 Å². The molecule has 0 fully saturated rings. The molecule has 0 saturated carbocycles. The highest BCUT2D eigenvalue weighted by atomic mass is 15.3. The van der Waals surface area contributed by atoms with Crippen molar-refractivity contribution in [3.63, 3.8) is 0 Å². The van der Waals surface area contributed by atoms with E-state index in [1.54, 1.807) is 0 Å². The van der Waals surface area contributed by atoms with Crippen molar-refractivity contribution in [3.8, 4) is 50.7 Å². The first-order valence-electron chi connectivity index (χ1n) is 22.0. The van der Waals surface area contributed by atoms with Crippen LogP contribution in [0.2, 0.25) is 0 Å². The third kappa shape index (κ3) is 4.76. The van der Waals surface area contributed by atoms with Crippen LogP contribution in [0.5, 0.6) is 0 Å². The number of fused-ring (bicyclic) bond motifs is 5. The van der Waals surface area contributed by atoms with Crippen LogP contribution in [-0.2, 0) is 0 Å². The molecule has 2 aromatic heterocycles. The first-order chi connectivity index (χ1) is 30.5. The van der Waals surface area contributed by atoms with E-state index in [9.17, 15) is 5.48 Å². The summed E-state index contributed by atoms with van der Waals surface area (Å²) in [6, 6.07) is 38.6. The highest BCUT2D eigenvalue weighted by Crippen LogP contribution is 2.50. The van der Waals surface area contributed by atoms with Crippen LogP contribution < -0.4 is 4.90 Å². The molecular formula is C49H31N5. The van der Waals surface area contributed by atoms with E-state index in [0.717, 1.165) is 60.8 Å². The zero-order valence-electron chi connectivity index (χ0n) is 37.4. The molecule has 0 radical (unpaired) electrons. The highest BCUT2D eigenvalue weighted by molar-refractivity contribution is 6.13. The molecule has 54 heavy (non-hydrogen) atoms. The summed E-state index contributed by atoms with van der Waals surface area (Å²) in [5.41, 5.74) is 5.90. The standard InChI is InChI=1S/C49H31N5/c1-3-13-32(14-4-1)33-25-27-35(28-26-33)47-50-48(36-29-30-40-38-19-7-9-22-42(38)53(45(40)31-36)37-17-5-2-6-18-37)52-49(51-47)54-43-23-10-8-20-39(43)41-21-11-15-34-16-12-24-44(54)46(34)41/h1-31H/i1D,3D,4D,13D,14D,25D,26D,27D,28D. The molecule has 252 valence electrons. The van der Waals surface area contributed by atoms with Crippen LogP contribution in [0, 0.1) is 0 Å². The van der Waals surface area contributed by atoms with Gasteiger partial charge in [-0.1, -0.05) is 151 Å². The number of anilines is 3. The monoisotopic (exact) mass is 698 g/mol. The Hall–Kier alpha value is -7.37. The molecule has 0 unspecified atom stereocenters. The van der Waals surface area contributed by atoms with Crippen molar-refractivity contribution in [2.24, 2.45) is 0 Å². The zero-order valence-corrected chi connectivity index (χ0v) is 28.4. The van der Waals surface area contributed by atoms with Crippen LogP contribution >= 0.6 is 0 Å². The van der Waals surface area contributed by atoms with Gasteiger partial charge >= 0.3 is 0 Å². The van der Waals surface area contributed by atoms with Crippen molar-refractivity contribution in [2.75, 3.05) is 4.90 Å². The average Bonchev–Trinajstić information content (AvgIpc) is 3.65. The molecule has 8 aromatic carbocycles. The Morgan fingerprint density at radius 1 is 0.444 bits per heavy atom. The number of para-hydroxylation sites is 3. The van der Waals surface area contributed by atoms with E-state index < -0.39 is 65.5 Å². The van der Waals surface area contributed by atoms with Crippen LogP contribution in [0.3, 0.4) is 0 Å². The summed E-state index contributed by atoms with van der Waals surface area (Å²) in [6.07, 6.45) is 0. The second-order valence-corrected chi connectivity index (χ2v) is 13.0. The summed E-state index contributed by atoms with van der Waals surface area (Å²) in [4.78, 5) is 17.0. The lowest BCUT2D eigenvalue weighted by atomic mass is 9.91. The van der Waals surface area contributed by atoms with E-state index in [2.05, 4.69) is 22.8 Å². The van der Waals surface area contributed by atoms with Gasteiger partial charge in [0.1, 0.15) is 0 Å². The summed E-state index contributed by atoms with van der Waals surface area (Å²) in [5.74, 6) is 0.225. The molecule has 11 rings (SSSR count). The number of hydrogen-bond acceptors (Lipinski definition) is 4. The molecule has 10 aromatic rings. The molecule has 1 aliphatic rings. The molecule has 3 heterocycles. The predicted molar refractivity (Wildman–Crippen MR) is 222 cm³/mol. The van der Waals surface area contributed by atoms with E-state index in [1.165, 1.54) is 0 Å². The number of nitrogens with zero attached hydrogens (tertiary/aromatic N) is 5. The molecule has 0 bridgehead atoms. The fourth-order valence-corrected chi connectivity index (χ4v) is 7.57. The van der Waals surface area contributed by atoms with Crippen LogP contribution in [0.15, 0.2) is 188 Å². The Kier molecular flexibility index (Phi) is 5.06. The van der Waals surface area contributed by atoms with Crippen LogP contribution in [-0.4, -0.2) is 19.5 Å². The lowest BCUT2D eigenvalue weighted by Gasteiger charge is -2.32. The van der Waals surface area contributed by atoms with Gasteiger partial charge in [-0.15, -0.1) is 0 Å². The SMILES string of the molecule is [2H]c1c([2H])c([2H])c(-c2c([2H])c([2H])c(-c3nc(-c4ccc5c6ccccc6n(-c6ccccc6)c5c4)nc(N4c5ccccc5-c5cccc6cccc4c56)n3)c([2H])c2[2H])c([2H])c1[2H]. The summed E-state index contributed by atoms with van der Waals surface area (Å²) >= 11 is 0. The maximum Gasteiger partial charge on any atom is 0.238 e. The van der Waals surface area contributed by atoms with Crippen molar-refractivity contribution in [1.82, 2.24) is 19.5 Å². The summed E-state index contributed by atoms with van der Waals surface area (Å²) in [6.45, 7) is 0. The van der Waals surface area contributed by atoms with Gasteiger partial charge in [-0.05, 0) is 58.5 Å². The Bertz CT molecular complexity index is 3530. The largest absolute Gasteiger partial charge is 0.309 e. The van der Waals surface area contributed by atoms with Crippen molar-refractivity contribution in [2.45, 2.75) is 0 Å². The summed E-state index contributed by atoms with van der Waals surface area (Å²) in [5, 5.41) is 4.03. The van der Waals surface area contributed by atoms with Crippen molar-refractivity contribution in [1.29, 1.82) is 0 Å². The highest BCUT2D eigenvalue weighted by Gasteiger charge is 2.28. The minimum atomic E-state index is -0.652. The fraction of sp³-hybridized carbons (Fsp3) is 0. The predicted octanol–water partition coefficient (Wildman–Crippen LogP) is 12.6. The molecule has 1 aliphatic heterocycles. The molecule has 0 N–H and O–H groups in total. The van der Waals surface area contributed by atoms with E-state index in [0.29, 0.717) is 5.56 Å². The fourth-order valence-electron chi connectivity index (χ4n) is 7.57. The Morgan fingerprint density at radius 3 is 1.94 bits per heavy atom.